The van der Waals surface area contributed by atoms with E-state index < -0.39 is 0 Å². The van der Waals surface area contributed by atoms with E-state index in [0.29, 0.717) is 5.56 Å². The lowest BCUT2D eigenvalue weighted by atomic mass is 10.2. The maximum atomic E-state index is 11.2. The molecule has 0 radical (unpaired) electrons. The number of allylic oxidation sites excluding steroid dienone is 1. The largest absolute Gasteiger partial charge is 0.431 e. The summed E-state index contributed by atoms with van der Waals surface area (Å²) in [6.07, 6.45) is 3.05. The van der Waals surface area contributed by atoms with Crippen molar-refractivity contribution in [2.75, 3.05) is 0 Å². The van der Waals surface area contributed by atoms with Crippen molar-refractivity contribution < 1.29 is 9.53 Å². The summed E-state index contributed by atoms with van der Waals surface area (Å²) in [4.78, 5) is 11.2. The number of ether oxygens (including phenoxy) is 1. The topological polar surface area (TPSA) is 26.3 Å². The quantitative estimate of drug-likeness (QED) is 0.511. The second kappa shape index (κ2) is 4.45. The van der Waals surface area contributed by atoms with Crippen molar-refractivity contribution in [3.05, 3.63) is 47.7 Å². The molecule has 0 amide bonds. The van der Waals surface area contributed by atoms with Crippen LogP contribution >= 0.6 is 0 Å². The molecule has 0 aromatic heterocycles. The summed E-state index contributed by atoms with van der Waals surface area (Å²) in [6, 6.07) is 7.26. The predicted molar refractivity (Wildman–Crippen MR) is 51.4 cm³/mol. The molecule has 0 spiro atoms. The number of aryl methyl sites for hydroxylation is 1. The van der Waals surface area contributed by atoms with Gasteiger partial charge in [0.25, 0.3) is 0 Å². The first-order chi connectivity index (χ1) is 6.24. The number of hydrogen-bond donors (Lipinski definition) is 0. The minimum Gasteiger partial charge on any atom is -0.431 e. The monoisotopic (exact) mass is 176 g/mol. The fourth-order valence-electron chi connectivity index (χ4n) is 0.888. The van der Waals surface area contributed by atoms with Crippen molar-refractivity contribution >= 4 is 5.97 Å². The maximum absolute atomic E-state index is 11.2. The summed E-state index contributed by atoms with van der Waals surface area (Å²) >= 11 is 0. The van der Waals surface area contributed by atoms with Gasteiger partial charge in [-0.05, 0) is 26.0 Å². The highest BCUT2D eigenvalue weighted by molar-refractivity contribution is 5.89. The van der Waals surface area contributed by atoms with Crippen LogP contribution < -0.4 is 0 Å². The molecule has 0 aliphatic rings. The van der Waals surface area contributed by atoms with Crippen LogP contribution in [-0.2, 0) is 4.74 Å². The van der Waals surface area contributed by atoms with E-state index in [1.165, 1.54) is 6.26 Å². The van der Waals surface area contributed by atoms with Crippen molar-refractivity contribution in [2.45, 2.75) is 13.8 Å². The molecule has 0 saturated carbocycles. The summed E-state index contributed by atoms with van der Waals surface area (Å²) in [5.74, 6) is -0.321. The molecular formula is C11H12O2. The Kier molecular flexibility index (Phi) is 3.26. The second-order valence-electron chi connectivity index (χ2n) is 2.74. The Morgan fingerprint density at radius 1 is 1.31 bits per heavy atom. The molecule has 0 unspecified atom stereocenters. The third-order valence-electron chi connectivity index (χ3n) is 1.60. The zero-order chi connectivity index (χ0) is 9.68. The molecule has 1 aromatic rings. The third kappa shape index (κ3) is 2.75. The van der Waals surface area contributed by atoms with Crippen LogP contribution in [0.1, 0.15) is 22.8 Å². The number of carbonyl (C=O) groups is 1. The predicted octanol–water partition coefficient (Wildman–Crippen LogP) is 2.69. The summed E-state index contributed by atoms with van der Waals surface area (Å²) < 4.78 is 4.80. The normalized spacial score (nSPS) is 10.3. The van der Waals surface area contributed by atoms with Crippen molar-refractivity contribution in [1.29, 1.82) is 0 Å². The minimum absolute atomic E-state index is 0.321. The standard InChI is InChI=1S/C11H12O2/c1-3-8-13-11(12)10-6-4-9(2)5-7-10/h3-8H,1-2H3/b8-3+. The van der Waals surface area contributed by atoms with Gasteiger partial charge in [0.2, 0.25) is 0 Å². The molecule has 13 heavy (non-hydrogen) atoms. The Morgan fingerprint density at radius 3 is 2.46 bits per heavy atom. The Labute approximate surface area is 77.8 Å². The molecule has 0 fully saturated rings. The number of rotatable bonds is 2. The molecule has 2 heteroatoms. The summed E-state index contributed by atoms with van der Waals surface area (Å²) in [5.41, 5.74) is 1.70. The molecule has 0 heterocycles. The van der Waals surface area contributed by atoms with Gasteiger partial charge in [-0.15, -0.1) is 0 Å². The average Bonchev–Trinajstić information content (AvgIpc) is 2.15. The highest BCUT2D eigenvalue weighted by Crippen LogP contribution is 2.04. The summed E-state index contributed by atoms with van der Waals surface area (Å²) in [5, 5.41) is 0. The molecular weight excluding hydrogens is 164 g/mol. The van der Waals surface area contributed by atoms with Crippen LogP contribution in [-0.4, -0.2) is 5.97 Å². The highest BCUT2D eigenvalue weighted by atomic mass is 16.5. The van der Waals surface area contributed by atoms with Crippen molar-refractivity contribution in [1.82, 2.24) is 0 Å². The molecule has 0 bridgehead atoms. The molecule has 1 rings (SSSR count). The molecule has 0 atom stereocenters. The minimum atomic E-state index is -0.321. The van der Waals surface area contributed by atoms with Crippen molar-refractivity contribution in [3.63, 3.8) is 0 Å². The van der Waals surface area contributed by atoms with Crippen LogP contribution in [0.3, 0.4) is 0 Å². The lowest BCUT2D eigenvalue weighted by molar-refractivity contribution is 0.0662. The van der Waals surface area contributed by atoms with Crippen LogP contribution in [0.4, 0.5) is 0 Å². The Hall–Kier alpha value is -1.57. The molecule has 2 nitrogen and oxygen atoms in total. The SMILES string of the molecule is C/C=C/OC(=O)c1ccc(C)cc1. The van der Waals surface area contributed by atoms with Gasteiger partial charge in [-0.3, -0.25) is 0 Å². The highest BCUT2D eigenvalue weighted by Gasteiger charge is 2.03. The lowest BCUT2D eigenvalue weighted by Gasteiger charge is -1.98. The van der Waals surface area contributed by atoms with Crippen molar-refractivity contribution in [3.8, 4) is 0 Å². The molecule has 68 valence electrons. The zero-order valence-electron chi connectivity index (χ0n) is 7.78. The van der Waals surface area contributed by atoms with Gasteiger partial charge in [0.05, 0.1) is 11.8 Å². The number of carbonyl (C=O) groups excluding carboxylic acids is 1. The van der Waals surface area contributed by atoms with E-state index >= 15 is 0 Å². The fraction of sp³-hybridized carbons (Fsp3) is 0.182. The van der Waals surface area contributed by atoms with Gasteiger partial charge < -0.3 is 4.74 Å². The second-order valence-corrected chi connectivity index (χ2v) is 2.74. The molecule has 1 aromatic carbocycles. The van der Waals surface area contributed by atoms with Gasteiger partial charge in [-0.2, -0.15) is 0 Å². The van der Waals surface area contributed by atoms with E-state index in [1.54, 1.807) is 25.1 Å². The van der Waals surface area contributed by atoms with Gasteiger partial charge in [-0.1, -0.05) is 23.8 Å². The van der Waals surface area contributed by atoms with E-state index in [-0.39, 0.29) is 5.97 Å². The van der Waals surface area contributed by atoms with E-state index in [0.717, 1.165) is 5.56 Å². The number of hydrogen-bond acceptors (Lipinski definition) is 2. The third-order valence-corrected chi connectivity index (χ3v) is 1.60. The van der Waals surface area contributed by atoms with Gasteiger partial charge in [-0.25, -0.2) is 4.79 Å². The smallest absolute Gasteiger partial charge is 0.342 e. The first-order valence-corrected chi connectivity index (χ1v) is 4.13. The van der Waals surface area contributed by atoms with Crippen LogP contribution in [0.25, 0.3) is 0 Å². The van der Waals surface area contributed by atoms with Crippen LogP contribution in [0.15, 0.2) is 36.6 Å². The molecule has 0 saturated heterocycles. The lowest BCUT2D eigenvalue weighted by Crippen LogP contribution is -1.99. The maximum Gasteiger partial charge on any atom is 0.342 e. The van der Waals surface area contributed by atoms with Gasteiger partial charge in [0.15, 0.2) is 0 Å². The zero-order valence-corrected chi connectivity index (χ0v) is 7.78. The van der Waals surface area contributed by atoms with Crippen LogP contribution in [0.5, 0.6) is 0 Å². The number of esters is 1. The van der Waals surface area contributed by atoms with Crippen molar-refractivity contribution in [2.24, 2.45) is 0 Å². The molecule has 0 N–H and O–H groups in total. The average molecular weight is 176 g/mol. The first kappa shape index (κ1) is 9.52. The van der Waals surface area contributed by atoms with E-state index in [2.05, 4.69) is 0 Å². The fourth-order valence-corrected chi connectivity index (χ4v) is 0.888. The van der Waals surface area contributed by atoms with Gasteiger partial charge in [0.1, 0.15) is 0 Å². The first-order valence-electron chi connectivity index (χ1n) is 4.13. The van der Waals surface area contributed by atoms with E-state index in [9.17, 15) is 4.79 Å². The van der Waals surface area contributed by atoms with Crippen LogP contribution in [0.2, 0.25) is 0 Å². The Morgan fingerprint density at radius 2 is 1.92 bits per heavy atom. The van der Waals surface area contributed by atoms with Gasteiger partial charge >= 0.3 is 5.97 Å². The Balaban J connectivity index is 2.72. The van der Waals surface area contributed by atoms with Crippen LogP contribution in [0, 0.1) is 6.92 Å². The van der Waals surface area contributed by atoms with E-state index in [1.807, 2.05) is 19.1 Å². The number of benzene rings is 1. The van der Waals surface area contributed by atoms with E-state index in [4.69, 9.17) is 4.74 Å². The molecule has 0 aliphatic heterocycles. The Bertz CT molecular complexity index is 309. The summed E-state index contributed by atoms with van der Waals surface area (Å²) in [7, 11) is 0. The molecule has 0 aliphatic carbocycles. The summed E-state index contributed by atoms with van der Waals surface area (Å²) in [6.45, 7) is 3.77. The van der Waals surface area contributed by atoms with Gasteiger partial charge in [0, 0.05) is 0 Å².